The molecule has 0 unspecified atom stereocenters. The number of piperidine rings is 1. The molecule has 1 aliphatic heterocycles. The van der Waals surface area contributed by atoms with Crippen LogP contribution in [0, 0.1) is 5.92 Å². The van der Waals surface area contributed by atoms with Crippen molar-refractivity contribution in [3.8, 4) is 0 Å². The Bertz CT molecular complexity index is 346. The minimum Gasteiger partial charge on any atom is -0.317 e. The molecule has 0 amide bonds. The van der Waals surface area contributed by atoms with E-state index in [4.69, 9.17) is 5.10 Å². The lowest BCUT2D eigenvalue weighted by Gasteiger charge is -2.21. The molecule has 3 rings (SSSR count). The van der Waals surface area contributed by atoms with Gasteiger partial charge in [0.2, 0.25) is 0 Å². The highest BCUT2D eigenvalue weighted by atomic mass is 15.3. The minimum atomic E-state index is 0.691. The zero-order chi connectivity index (χ0) is 11.5. The monoisotopic (exact) mass is 233 g/mol. The lowest BCUT2D eigenvalue weighted by Crippen LogP contribution is -2.28. The van der Waals surface area contributed by atoms with E-state index in [9.17, 15) is 0 Å². The number of hydrogen-bond acceptors (Lipinski definition) is 2. The molecular formula is C14H23N3. The third-order valence-electron chi connectivity index (χ3n) is 4.32. The molecule has 1 saturated heterocycles. The van der Waals surface area contributed by atoms with Crippen LogP contribution in [0.25, 0.3) is 0 Å². The van der Waals surface area contributed by atoms with Gasteiger partial charge in [0.05, 0.1) is 11.7 Å². The van der Waals surface area contributed by atoms with E-state index in [-0.39, 0.29) is 0 Å². The van der Waals surface area contributed by atoms with Crippen LogP contribution in [0.2, 0.25) is 0 Å². The molecule has 1 N–H and O–H groups in total. The third-order valence-corrected chi connectivity index (χ3v) is 4.32. The van der Waals surface area contributed by atoms with Crippen LogP contribution in [0.4, 0.5) is 0 Å². The normalized spacial score (nSPS) is 23.3. The molecular weight excluding hydrogens is 210 g/mol. The number of rotatable bonds is 3. The smallest absolute Gasteiger partial charge is 0.0627 e. The van der Waals surface area contributed by atoms with E-state index >= 15 is 0 Å². The van der Waals surface area contributed by atoms with E-state index in [0.717, 1.165) is 5.92 Å². The number of nitrogens with zero attached hydrogens (tertiary/aromatic N) is 2. The Hall–Kier alpha value is -0.830. The fourth-order valence-electron chi connectivity index (χ4n) is 3.24. The predicted octanol–water partition coefficient (Wildman–Crippen LogP) is 2.54. The van der Waals surface area contributed by atoms with Crippen molar-refractivity contribution in [2.45, 2.75) is 51.0 Å². The minimum absolute atomic E-state index is 0.691. The second-order valence-corrected chi connectivity index (χ2v) is 5.62. The molecule has 3 heteroatoms. The van der Waals surface area contributed by atoms with Crippen LogP contribution in [0.3, 0.4) is 0 Å². The molecule has 1 aliphatic carbocycles. The molecule has 0 spiro atoms. The summed E-state index contributed by atoms with van der Waals surface area (Å²) in [4.78, 5) is 0. The first-order valence-corrected chi connectivity index (χ1v) is 7.16. The highest BCUT2D eigenvalue weighted by Crippen LogP contribution is 2.29. The molecule has 0 bridgehead atoms. The summed E-state index contributed by atoms with van der Waals surface area (Å²) < 4.78 is 2.23. The van der Waals surface area contributed by atoms with Crippen molar-refractivity contribution in [2.75, 3.05) is 13.1 Å². The van der Waals surface area contributed by atoms with Crippen molar-refractivity contribution < 1.29 is 0 Å². The van der Waals surface area contributed by atoms with Crippen molar-refractivity contribution >= 4 is 0 Å². The van der Waals surface area contributed by atoms with E-state index in [0.29, 0.717) is 6.04 Å². The number of nitrogens with one attached hydrogen (secondary N) is 1. The van der Waals surface area contributed by atoms with Crippen LogP contribution >= 0.6 is 0 Å². The van der Waals surface area contributed by atoms with Gasteiger partial charge in [-0.1, -0.05) is 12.8 Å². The Morgan fingerprint density at radius 3 is 2.71 bits per heavy atom. The molecule has 0 atom stereocenters. The summed E-state index contributed by atoms with van der Waals surface area (Å²) in [5.74, 6) is 0.850. The maximum absolute atomic E-state index is 4.78. The molecule has 3 nitrogen and oxygen atoms in total. The molecule has 1 aromatic rings. The quantitative estimate of drug-likeness (QED) is 0.869. The average Bonchev–Trinajstić information content (AvgIpc) is 3.00. The van der Waals surface area contributed by atoms with E-state index in [2.05, 4.69) is 22.3 Å². The maximum Gasteiger partial charge on any atom is 0.0627 e. The largest absolute Gasteiger partial charge is 0.317 e. The molecule has 94 valence electrons. The summed E-state index contributed by atoms with van der Waals surface area (Å²) >= 11 is 0. The number of hydrogen-bond donors (Lipinski definition) is 1. The Morgan fingerprint density at radius 1 is 1.18 bits per heavy atom. The second-order valence-electron chi connectivity index (χ2n) is 5.62. The summed E-state index contributed by atoms with van der Waals surface area (Å²) in [7, 11) is 0. The van der Waals surface area contributed by atoms with Gasteiger partial charge in [-0.05, 0) is 57.2 Å². The Morgan fingerprint density at radius 2 is 1.94 bits per heavy atom. The van der Waals surface area contributed by atoms with Gasteiger partial charge in [0.15, 0.2) is 0 Å². The van der Waals surface area contributed by atoms with Crippen LogP contribution in [0.5, 0.6) is 0 Å². The lowest BCUT2D eigenvalue weighted by molar-refractivity contribution is 0.367. The zero-order valence-electron chi connectivity index (χ0n) is 10.6. The molecule has 1 saturated carbocycles. The summed E-state index contributed by atoms with van der Waals surface area (Å²) in [6, 6.07) is 2.93. The van der Waals surface area contributed by atoms with Crippen LogP contribution in [0.1, 0.15) is 50.3 Å². The van der Waals surface area contributed by atoms with Gasteiger partial charge in [-0.3, -0.25) is 4.68 Å². The van der Waals surface area contributed by atoms with Crippen LogP contribution < -0.4 is 5.32 Å². The Kier molecular flexibility index (Phi) is 3.46. The molecule has 2 heterocycles. The van der Waals surface area contributed by atoms with Crippen molar-refractivity contribution in [3.63, 3.8) is 0 Å². The first kappa shape index (κ1) is 11.3. The van der Waals surface area contributed by atoms with Crippen molar-refractivity contribution in [1.29, 1.82) is 0 Å². The SMILES string of the molecule is c1cn(C2CCCC2)nc1CC1CCNCC1. The van der Waals surface area contributed by atoms with E-state index in [1.54, 1.807) is 0 Å². The fourth-order valence-corrected chi connectivity index (χ4v) is 3.24. The van der Waals surface area contributed by atoms with E-state index in [1.807, 2.05) is 0 Å². The van der Waals surface area contributed by atoms with Crippen LogP contribution in [-0.2, 0) is 6.42 Å². The topological polar surface area (TPSA) is 29.9 Å². The van der Waals surface area contributed by atoms with E-state index < -0.39 is 0 Å². The standard InChI is InChI=1S/C14H23N3/c1-2-4-14(3-1)17-10-7-13(16-17)11-12-5-8-15-9-6-12/h7,10,12,14-15H,1-6,8-9,11H2. The van der Waals surface area contributed by atoms with Gasteiger partial charge in [-0.2, -0.15) is 5.10 Å². The van der Waals surface area contributed by atoms with Gasteiger partial charge in [0.25, 0.3) is 0 Å². The van der Waals surface area contributed by atoms with Gasteiger partial charge >= 0.3 is 0 Å². The van der Waals surface area contributed by atoms with Gasteiger partial charge in [-0.15, -0.1) is 0 Å². The summed E-state index contributed by atoms with van der Waals surface area (Å²) in [6.45, 7) is 2.38. The van der Waals surface area contributed by atoms with Crippen molar-refractivity contribution in [3.05, 3.63) is 18.0 Å². The molecule has 2 aliphatic rings. The predicted molar refractivity (Wildman–Crippen MR) is 69.0 cm³/mol. The van der Waals surface area contributed by atoms with Gasteiger partial charge in [0, 0.05) is 6.20 Å². The summed E-state index contributed by atoms with van der Waals surface area (Å²) in [5.41, 5.74) is 1.31. The second kappa shape index (κ2) is 5.21. The highest BCUT2D eigenvalue weighted by Gasteiger charge is 2.19. The lowest BCUT2D eigenvalue weighted by atomic mass is 9.93. The summed E-state index contributed by atoms with van der Waals surface area (Å²) in [5, 5.41) is 8.21. The first-order chi connectivity index (χ1) is 8.42. The summed E-state index contributed by atoms with van der Waals surface area (Å²) in [6.07, 6.45) is 11.4. The Balaban J connectivity index is 1.59. The molecule has 1 aromatic heterocycles. The molecule has 0 radical (unpaired) electrons. The Labute approximate surface area is 104 Å². The van der Waals surface area contributed by atoms with Crippen LogP contribution in [-0.4, -0.2) is 22.9 Å². The molecule has 2 fully saturated rings. The van der Waals surface area contributed by atoms with Crippen LogP contribution in [0.15, 0.2) is 12.3 Å². The van der Waals surface area contributed by atoms with Gasteiger partial charge in [-0.25, -0.2) is 0 Å². The fraction of sp³-hybridized carbons (Fsp3) is 0.786. The molecule has 17 heavy (non-hydrogen) atoms. The first-order valence-electron chi connectivity index (χ1n) is 7.16. The van der Waals surface area contributed by atoms with Gasteiger partial charge in [0.1, 0.15) is 0 Å². The van der Waals surface area contributed by atoms with Gasteiger partial charge < -0.3 is 5.32 Å². The average molecular weight is 233 g/mol. The number of aromatic nitrogens is 2. The molecule has 0 aromatic carbocycles. The maximum atomic E-state index is 4.78. The van der Waals surface area contributed by atoms with Crippen molar-refractivity contribution in [2.24, 2.45) is 5.92 Å². The van der Waals surface area contributed by atoms with Crippen molar-refractivity contribution in [1.82, 2.24) is 15.1 Å². The third kappa shape index (κ3) is 2.71. The highest BCUT2D eigenvalue weighted by molar-refractivity contribution is 5.02. The van der Waals surface area contributed by atoms with E-state index in [1.165, 1.54) is 63.7 Å². The zero-order valence-corrected chi connectivity index (χ0v) is 10.6.